The molecule has 5 rings (SSSR count). The third kappa shape index (κ3) is 13.7. The number of nitrogens with one attached hydrogen (secondary N) is 2. The lowest BCUT2D eigenvalue weighted by Crippen LogP contribution is -2.69. The average Bonchev–Trinajstić information content (AvgIpc) is 3.35. The van der Waals surface area contributed by atoms with Crippen molar-refractivity contribution in [3.05, 3.63) is 0 Å². The molecule has 5 aliphatic heterocycles. The molecule has 0 unspecified atom stereocenters. The molecule has 2 amide bonds. The van der Waals surface area contributed by atoms with Crippen LogP contribution in [0.3, 0.4) is 0 Å². The Morgan fingerprint density at radius 3 is 1.39 bits per heavy atom. The Bertz CT molecular complexity index is 1680. The van der Waals surface area contributed by atoms with Crippen LogP contribution in [0.4, 0.5) is 0 Å². The Hall–Kier alpha value is -2.18. The number of rotatable bonds is 21. The van der Waals surface area contributed by atoms with E-state index in [1.807, 2.05) is 0 Å². The highest BCUT2D eigenvalue weighted by Gasteiger charge is 2.56. The molecule has 0 bridgehead atoms. The molecule has 0 radical (unpaired) electrons. The zero-order valence-electron chi connectivity index (χ0n) is 38.9. The van der Waals surface area contributed by atoms with Gasteiger partial charge >= 0.3 is 0 Å². The third-order valence-electron chi connectivity index (χ3n) is 12.8. The normalized spacial score (nSPS) is 45.7. The van der Waals surface area contributed by atoms with Crippen LogP contribution in [0.1, 0.15) is 20.8 Å². The van der Waals surface area contributed by atoms with Crippen LogP contribution < -0.4 is 10.6 Å². The van der Waals surface area contributed by atoms with Crippen LogP contribution >= 0.6 is 0 Å². The molecule has 5 heterocycles. The van der Waals surface area contributed by atoms with Crippen LogP contribution in [-0.2, 0) is 57.0 Å². The van der Waals surface area contributed by atoms with Gasteiger partial charge in [0, 0.05) is 13.8 Å². The molecule has 5 saturated heterocycles. The average molecular weight is 1060 g/mol. The maximum atomic E-state index is 12.5. The van der Waals surface area contributed by atoms with Crippen molar-refractivity contribution in [3.63, 3.8) is 0 Å². The van der Waals surface area contributed by atoms with E-state index in [4.69, 9.17) is 47.4 Å². The van der Waals surface area contributed by atoms with Crippen LogP contribution in [0, 0.1) is 0 Å². The van der Waals surface area contributed by atoms with Crippen molar-refractivity contribution < 1.29 is 149 Å². The van der Waals surface area contributed by atoms with Gasteiger partial charge in [-0.15, -0.1) is 0 Å². The van der Waals surface area contributed by atoms with E-state index in [0.29, 0.717) is 0 Å². The van der Waals surface area contributed by atoms with Gasteiger partial charge in [0.25, 0.3) is 0 Å². The van der Waals surface area contributed by atoms with Gasteiger partial charge < -0.3 is 150 Å². The highest BCUT2D eigenvalue weighted by molar-refractivity contribution is 5.73. The first kappa shape index (κ1) is 60.7. The van der Waals surface area contributed by atoms with Gasteiger partial charge in [0.05, 0.1) is 45.7 Å². The van der Waals surface area contributed by atoms with Gasteiger partial charge in [0.15, 0.2) is 31.5 Å². The molecule has 0 aromatic heterocycles. The fraction of sp³-hybridized carbons (Fsp3) is 0.950. The lowest BCUT2D eigenvalue weighted by Gasteiger charge is -2.49. The number of amides is 2. The second-order valence-electron chi connectivity index (χ2n) is 18.0. The maximum Gasteiger partial charge on any atom is 0.217 e. The molecule has 420 valence electrons. The smallest absolute Gasteiger partial charge is 0.217 e. The quantitative estimate of drug-likeness (QED) is 0.0507. The topological polar surface area (TPSA) is 515 Å². The Labute approximate surface area is 409 Å². The maximum absolute atomic E-state index is 12.5. The summed E-state index contributed by atoms with van der Waals surface area (Å²) >= 11 is 0. The van der Waals surface area contributed by atoms with Crippen molar-refractivity contribution in [2.24, 2.45) is 0 Å². The first-order valence-electron chi connectivity index (χ1n) is 22.9. The minimum atomic E-state index is -2.33. The molecule has 20 N–H and O–H groups in total. The van der Waals surface area contributed by atoms with E-state index in [-0.39, 0.29) is 0 Å². The minimum absolute atomic E-state index is 0.793. The number of carbonyl (C=O) groups excluding carboxylic acids is 2. The van der Waals surface area contributed by atoms with Crippen molar-refractivity contribution in [2.75, 3.05) is 39.6 Å². The number of hydrogen-bond acceptors (Lipinski definition) is 30. The minimum Gasteiger partial charge on any atom is -0.394 e. The second kappa shape index (κ2) is 26.7. The lowest BCUT2D eigenvalue weighted by molar-refractivity contribution is -0.385. The van der Waals surface area contributed by atoms with Gasteiger partial charge in [0.1, 0.15) is 140 Å². The largest absolute Gasteiger partial charge is 0.394 e. The highest BCUT2D eigenvalue weighted by Crippen LogP contribution is 2.35. The van der Waals surface area contributed by atoms with Crippen molar-refractivity contribution >= 4 is 11.8 Å². The van der Waals surface area contributed by atoms with Crippen LogP contribution in [0.25, 0.3) is 0 Å². The Kier molecular flexibility index (Phi) is 22.5. The van der Waals surface area contributed by atoms with Crippen LogP contribution in [-0.4, -0.2) is 321 Å². The van der Waals surface area contributed by atoms with Crippen LogP contribution in [0.2, 0.25) is 0 Å². The van der Waals surface area contributed by atoms with Gasteiger partial charge in [-0.1, -0.05) is 0 Å². The summed E-state index contributed by atoms with van der Waals surface area (Å²) in [7, 11) is 0. The van der Waals surface area contributed by atoms with E-state index in [9.17, 15) is 102 Å². The van der Waals surface area contributed by atoms with E-state index in [0.717, 1.165) is 13.8 Å². The van der Waals surface area contributed by atoms with Gasteiger partial charge in [-0.05, 0) is 6.92 Å². The van der Waals surface area contributed by atoms with Crippen LogP contribution in [0.15, 0.2) is 0 Å². The SMILES string of the molecule is CC(=O)N[C@H]1[C@H](OC[C@@H](O)[C@H](O)[C@H](O[C@@H]2O[C@H](CO)[C@@H](O[C@@H]3O[C@H](CO)[C@H](O)[C@H](O)[C@H]3O[C@@H]3O[C@@H](C)[C@@H](O)[C@@H](O)[C@@H]3O)[C@H](O)[C@H]2NC(C)=O)[C@@H](O)CO)O[C@H](CO)[C@@H](O[C@@H]2O[C@H](CO)[C@H](O)[C@H](O)[C@H]2O)[C@@H]1O. The molecule has 5 aliphatic rings. The molecule has 0 spiro atoms. The van der Waals surface area contributed by atoms with E-state index < -0.39 is 229 Å². The summed E-state index contributed by atoms with van der Waals surface area (Å²) in [6.07, 6.45) is -50.1. The van der Waals surface area contributed by atoms with Gasteiger partial charge in [0.2, 0.25) is 11.8 Å². The molecule has 0 saturated carbocycles. The third-order valence-corrected chi connectivity index (χ3v) is 12.8. The molecule has 5 fully saturated rings. The Morgan fingerprint density at radius 2 is 0.889 bits per heavy atom. The summed E-state index contributed by atoms with van der Waals surface area (Å²) < 4.78 is 56.7. The monoisotopic (exact) mass is 1060 g/mol. The van der Waals surface area contributed by atoms with Gasteiger partial charge in [-0.3, -0.25) is 9.59 Å². The summed E-state index contributed by atoms with van der Waals surface area (Å²) in [5.41, 5.74) is 0. The predicted octanol–water partition coefficient (Wildman–Crippen LogP) is -13.1. The number of aliphatic hydroxyl groups is 18. The van der Waals surface area contributed by atoms with E-state index in [1.54, 1.807) is 0 Å². The van der Waals surface area contributed by atoms with Gasteiger partial charge in [-0.25, -0.2) is 0 Å². The van der Waals surface area contributed by atoms with Crippen molar-refractivity contribution in [1.82, 2.24) is 10.6 Å². The van der Waals surface area contributed by atoms with E-state index in [1.165, 1.54) is 6.92 Å². The molecule has 72 heavy (non-hydrogen) atoms. The summed E-state index contributed by atoms with van der Waals surface area (Å²) in [5.74, 6) is -1.66. The van der Waals surface area contributed by atoms with Crippen LogP contribution in [0.5, 0.6) is 0 Å². The second-order valence-corrected chi connectivity index (χ2v) is 18.0. The Morgan fingerprint density at radius 1 is 0.472 bits per heavy atom. The predicted molar refractivity (Wildman–Crippen MR) is 223 cm³/mol. The summed E-state index contributed by atoms with van der Waals surface area (Å²) in [6.45, 7) is -2.67. The van der Waals surface area contributed by atoms with Crippen molar-refractivity contribution in [1.29, 1.82) is 0 Å². The molecule has 0 aromatic carbocycles. The number of aliphatic hydroxyl groups excluding tert-OH is 18. The standard InChI is InChI=1S/C40H70N2O30/c1-10-21(52)27(58)30(61)38(64-10)72-35-29(60)24(55)16(6-45)66-40(35)71-34-18(8-47)68-37(20(26(34)57)42-12(3)49)69-32(13(50)4-43)22(53)14(51)9-63-36-19(41-11(2)48)25(56)33(17(7-46)67-36)70-39-31(62)28(59)23(54)15(5-44)65-39/h10,13-40,43-47,50-62H,4-9H2,1-3H3,(H,41,48)(H,42,49)/t10-,13-,14+,15+,16+,17+,18+,19+,20+,21+,22-,23-,24-,25+,26+,27+,28-,29-,30-,31+,32+,33+,34+,35+,36+,37-,38-,39-,40-/m0/s1. The molecule has 0 aliphatic carbocycles. The zero-order valence-corrected chi connectivity index (χ0v) is 38.9. The molecular formula is C40H70N2O30. The lowest BCUT2D eigenvalue weighted by atomic mass is 9.94. The van der Waals surface area contributed by atoms with E-state index >= 15 is 0 Å². The number of carbonyl (C=O) groups is 2. The first-order valence-corrected chi connectivity index (χ1v) is 22.9. The number of hydrogen-bond donors (Lipinski definition) is 20. The van der Waals surface area contributed by atoms with Gasteiger partial charge in [-0.2, -0.15) is 0 Å². The fourth-order valence-corrected chi connectivity index (χ4v) is 8.75. The zero-order chi connectivity index (χ0) is 53.6. The molecule has 32 nitrogen and oxygen atoms in total. The molecule has 0 aromatic rings. The van der Waals surface area contributed by atoms with E-state index in [2.05, 4.69) is 10.6 Å². The summed E-state index contributed by atoms with van der Waals surface area (Å²) in [4.78, 5) is 24.8. The van der Waals surface area contributed by atoms with Crippen molar-refractivity contribution in [3.8, 4) is 0 Å². The summed E-state index contributed by atoms with van der Waals surface area (Å²) in [6, 6.07) is -3.45. The fourth-order valence-electron chi connectivity index (χ4n) is 8.75. The molecule has 29 atom stereocenters. The first-order chi connectivity index (χ1) is 33.9. The highest BCUT2D eigenvalue weighted by atomic mass is 16.8. The van der Waals surface area contributed by atoms with Crippen molar-refractivity contribution in [2.45, 2.75) is 199 Å². The summed E-state index contributed by atoms with van der Waals surface area (Å²) in [5, 5.41) is 195. The molecular weight excluding hydrogens is 988 g/mol. The Balaban J connectivity index is 1.32. The molecule has 32 heteroatoms. The number of ether oxygens (including phenoxy) is 10.